The van der Waals surface area contributed by atoms with Gasteiger partial charge in [0, 0.05) is 26.4 Å². The molecule has 96 valence electrons. The van der Waals surface area contributed by atoms with Gasteiger partial charge in [-0.15, -0.1) is 0 Å². The molecular weight excluding hydrogens is 226 g/mol. The number of rotatable bonds is 5. The van der Waals surface area contributed by atoms with Crippen molar-refractivity contribution in [3.8, 4) is 0 Å². The minimum Gasteiger partial charge on any atom is -0.356 e. The first-order chi connectivity index (χ1) is 8.72. The number of benzene rings is 1. The van der Waals surface area contributed by atoms with E-state index in [4.69, 9.17) is 0 Å². The Morgan fingerprint density at radius 1 is 1.39 bits per heavy atom. The number of carbonyl (C=O) groups is 1. The SMILES string of the molecule is CCCn1c(CCNC(C)=O)nc2ccccc21. The van der Waals surface area contributed by atoms with Gasteiger partial charge in [0.05, 0.1) is 11.0 Å². The lowest BCUT2D eigenvalue weighted by atomic mass is 10.3. The summed E-state index contributed by atoms with van der Waals surface area (Å²) in [6, 6.07) is 8.17. The van der Waals surface area contributed by atoms with Crippen molar-refractivity contribution in [3.63, 3.8) is 0 Å². The molecule has 0 bridgehead atoms. The summed E-state index contributed by atoms with van der Waals surface area (Å²) in [6.07, 6.45) is 1.85. The highest BCUT2D eigenvalue weighted by Crippen LogP contribution is 2.16. The molecule has 0 saturated heterocycles. The molecule has 2 rings (SSSR count). The third-order valence-corrected chi connectivity index (χ3v) is 2.90. The largest absolute Gasteiger partial charge is 0.356 e. The van der Waals surface area contributed by atoms with Crippen molar-refractivity contribution >= 4 is 16.9 Å². The summed E-state index contributed by atoms with van der Waals surface area (Å²) in [5, 5.41) is 2.82. The molecule has 0 spiro atoms. The number of fused-ring (bicyclic) bond motifs is 1. The minimum absolute atomic E-state index is 0.00755. The van der Waals surface area contributed by atoms with Crippen LogP contribution in [0.15, 0.2) is 24.3 Å². The lowest BCUT2D eigenvalue weighted by Gasteiger charge is -2.07. The van der Waals surface area contributed by atoms with Crippen LogP contribution in [0.4, 0.5) is 0 Å². The van der Waals surface area contributed by atoms with E-state index in [0.717, 1.165) is 30.7 Å². The van der Waals surface area contributed by atoms with Crippen LogP contribution in [0.5, 0.6) is 0 Å². The summed E-state index contributed by atoms with van der Waals surface area (Å²) in [4.78, 5) is 15.5. The number of hydrogen-bond donors (Lipinski definition) is 1. The summed E-state index contributed by atoms with van der Waals surface area (Å²) in [5.74, 6) is 1.06. The van der Waals surface area contributed by atoms with Gasteiger partial charge in [-0.1, -0.05) is 19.1 Å². The average molecular weight is 245 g/mol. The Balaban J connectivity index is 2.24. The molecular formula is C14H19N3O. The average Bonchev–Trinajstić information content (AvgIpc) is 2.68. The lowest BCUT2D eigenvalue weighted by molar-refractivity contribution is -0.118. The van der Waals surface area contributed by atoms with E-state index < -0.39 is 0 Å². The maximum atomic E-state index is 10.9. The second-order valence-electron chi connectivity index (χ2n) is 4.40. The molecule has 0 saturated carbocycles. The van der Waals surface area contributed by atoms with Gasteiger partial charge in [0.2, 0.25) is 5.91 Å². The predicted molar refractivity (Wildman–Crippen MR) is 72.4 cm³/mol. The van der Waals surface area contributed by atoms with Crippen molar-refractivity contribution in [2.24, 2.45) is 0 Å². The normalized spacial score (nSPS) is 10.8. The van der Waals surface area contributed by atoms with E-state index in [0.29, 0.717) is 6.54 Å². The smallest absolute Gasteiger partial charge is 0.216 e. The number of aryl methyl sites for hydroxylation is 1. The van der Waals surface area contributed by atoms with E-state index in [-0.39, 0.29) is 5.91 Å². The van der Waals surface area contributed by atoms with Crippen LogP contribution in [-0.4, -0.2) is 22.0 Å². The molecule has 0 radical (unpaired) electrons. The van der Waals surface area contributed by atoms with Crippen LogP contribution in [0.2, 0.25) is 0 Å². The predicted octanol–water partition coefficient (Wildman–Crippen LogP) is 2.12. The minimum atomic E-state index is 0.00755. The van der Waals surface area contributed by atoms with Gasteiger partial charge < -0.3 is 9.88 Å². The number of aromatic nitrogens is 2. The van der Waals surface area contributed by atoms with Gasteiger partial charge in [0.1, 0.15) is 5.82 Å². The van der Waals surface area contributed by atoms with E-state index in [1.54, 1.807) is 0 Å². The van der Waals surface area contributed by atoms with Gasteiger partial charge in [-0.3, -0.25) is 4.79 Å². The van der Waals surface area contributed by atoms with E-state index in [1.807, 2.05) is 18.2 Å². The molecule has 1 aromatic heterocycles. The highest BCUT2D eigenvalue weighted by atomic mass is 16.1. The van der Waals surface area contributed by atoms with Crippen molar-refractivity contribution in [2.75, 3.05) is 6.54 Å². The zero-order chi connectivity index (χ0) is 13.0. The second kappa shape index (κ2) is 5.67. The van der Waals surface area contributed by atoms with Gasteiger partial charge in [0.25, 0.3) is 0 Å². The Bertz CT molecular complexity index is 545. The van der Waals surface area contributed by atoms with E-state index >= 15 is 0 Å². The summed E-state index contributed by atoms with van der Waals surface area (Å²) in [7, 11) is 0. The number of nitrogens with zero attached hydrogens (tertiary/aromatic N) is 2. The van der Waals surface area contributed by atoms with Gasteiger partial charge in [-0.05, 0) is 18.6 Å². The van der Waals surface area contributed by atoms with Crippen LogP contribution < -0.4 is 5.32 Å². The second-order valence-corrected chi connectivity index (χ2v) is 4.40. The molecule has 1 amide bonds. The molecule has 1 aromatic carbocycles. The maximum Gasteiger partial charge on any atom is 0.216 e. The van der Waals surface area contributed by atoms with Crippen LogP contribution in [0.25, 0.3) is 11.0 Å². The molecule has 1 heterocycles. The van der Waals surface area contributed by atoms with Gasteiger partial charge in [0.15, 0.2) is 0 Å². The molecule has 0 fully saturated rings. The maximum absolute atomic E-state index is 10.9. The van der Waals surface area contributed by atoms with Gasteiger partial charge in [-0.2, -0.15) is 0 Å². The number of carbonyl (C=O) groups excluding carboxylic acids is 1. The molecule has 0 aliphatic rings. The number of para-hydroxylation sites is 2. The fourth-order valence-electron chi connectivity index (χ4n) is 2.14. The third-order valence-electron chi connectivity index (χ3n) is 2.90. The molecule has 4 nitrogen and oxygen atoms in total. The molecule has 4 heteroatoms. The highest BCUT2D eigenvalue weighted by molar-refractivity contribution is 5.76. The van der Waals surface area contributed by atoms with Gasteiger partial charge in [-0.25, -0.2) is 4.98 Å². The Morgan fingerprint density at radius 2 is 2.17 bits per heavy atom. The first kappa shape index (κ1) is 12.6. The molecule has 0 atom stereocenters. The standard InChI is InChI=1S/C14H19N3O/c1-3-10-17-13-7-5-4-6-12(13)16-14(17)8-9-15-11(2)18/h4-7H,3,8-10H2,1-2H3,(H,15,18). The molecule has 18 heavy (non-hydrogen) atoms. The van der Waals surface area contributed by atoms with Crippen molar-refractivity contribution in [3.05, 3.63) is 30.1 Å². The Morgan fingerprint density at radius 3 is 2.89 bits per heavy atom. The zero-order valence-electron chi connectivity index (χ0n) is 10.9. The Labute approximate surface area is 107 Å². The summed E-state index contributed by atoms with van der Waals surface area (Å²) < 4.78 is 2.25. The summed E-state index contributed by atoms with van der Waals surface area (Å²) in [5.41, 5.74) is 2.21. The van der Waals surface area contributed by atoms with Crippen molar-refractivity contribution in [1.82, 2.24) is 14.9 Å². The Kier molecular flexibility index (Phi) is 3.97. The first-order valence-electron chi connectivity index (χ1n) is 6.41. The van der Waals surface area contributed by atoms with Crippen LogP contribution >= 0.6 is 0 Å². The Hall–Kier alpha value is -1.84. The van der Waals surface area contributed by atoms with Crippen LogP contribution in [0.1, 0.15) is 26.1 Å². The molecule has 1 N–H and O–H groups in total. The first-order valence-corrected chi connectivity index (χ1v) is 6.41. The van der Waals surface area contributed by atoms with Crippen molar-refractivity contribution in [2.45, 2.75) is 33.2 Å². The quantitative estimate of drug-likeness (QED) is 0.877. The van der Waals surface area contributed by atoms with E-state index in [1.165, 1.54) is 12.4 Å². The molecule has 0 unspecified atom stereocenters. The molecule has 0 aliphatic carbocycles. The van der Waals surface area contributed by atoms with Crippen molar-refractivity contribution in [1.29, 1.82) is 0 Å². The number of amides is 1. The monoisotopic (exact) mass is 245 g/mol. The third kappa shape index (κ3) is 2.70. The molecule has 0 aliphatic heterocycles. The highest BCUT2D eigenvalue weighted by Gasteiger charge is 2.09. The van der Waals surface area contributed by atoms with E-state index in [9.17, 15) is 4.79 Å². The lowest BCUT2D eigenvalue weighted by Crippen LogP contribution is -2.23. The number of hydrogen-bond acceptors (Lipinski definition) is 2. The number of nitrogens with one attached hydrogen (secondary N) is 1. The topological polar surface area (TPSA) is 46.9 Å². The van der Waals surface area contributed by atoms with Crippen LogP contribution in [0.3, 0.4) is 0 Å². The van der Waals surface area contributed by atoms with Gasteiger partial charge >= 0.3 is 0 Å². The summed E-state index contributed by atoms with van der Waals surface area (Å²) >= 11 is 0. The number of imidazole rings is 1. The molecule has 2 aromatic rings. The van der Waals surface area contributed by atoms with Crippen LogP contribution in [-0.2, 0) is 17.8 Å². The fourth-order valence-corrected chi connectivity index (χ4v) is 2.14. The fraction of sp³-hybridized carbons (Fsp3) is 0.429. The van der Waals surface area contributed by atoms with Crippen LogP contribution in [0, 0.1) is 0 Å². The summed E-state index contributed by atoms with van der Waals surface area (Å²) in [6.45, 7) is 5.31. The van der Waals surface area contributed by atoms with Crippen molar-refractivity contribution < 1.29 is 4.79 Å². The van der Waals surface area contributed by atoms with E-state index in [2.05, 4.69) is 27.9 Å². The zero-order valence-corrected chi connectivity index (χ0v) is 10.9.